The van der Waals surface area contributed by atoms with E-state index in [1.807, 2.05) is 39.1 Å². The summed E-state index contributed by atoms with van der Waals surface area (Å²) in [4.78, 5) is 0. The number of benzene rings is 1. The average molecular weight is 352 g/mol. The van der Waals surface area contributed by atoms with E-state index in [0.717, 1.165) is 52.4 Å². The van der Waals surface area contributed by atoms with Crippen LogP contribution in [0.1, 0.15) is 30.2 Å². The Bertz CT molecular complexity index is 622. The molecule has 114 valence electrons. The summed E-state index contributed by atoms with van der Waals surface area (Å²) in [5.74, 6) is 1.65. The van der Waals surface area contributed by atoms with Crippen LogP contribution in [-0.2, 0) is 13.6 Å². The fraction of sp³-hybridized carbons (Fsp3) is 0.438. The molecule has 2 rings (SSSR count). The van der Waals surface area contributed by atoms with Crippen LogP contribution in [0.25, 0.3) is 0 Å². The second-order valence-corrected chi connectivity index (χ2v) is 6.10. The van der Waals surface area contributed by atoms with Gasteiger partial charge in [0.15, 0.2) is 0 Å². The molecular formula is C16H22BrN3O. The molecule has 0 bridgehead atoms. The first-order valence-electron chi connectivity index (χ1n) is 7.20. The van der Waals surface area contributed by atoms with Crippen molar-refractivity contribution in [3.8, 4) is 11.6 Å². The van der Waals surface area contributed by atoms with Crippen LogP contribution in [0.4, 0.5) is 0 Å². The van der Waals surface area contributed by atoms with Crippen molar-refractivity contribution in [1.82, 2.24) is 15.1 Å². The molecular weight excluding hydrogens is 330 g/mol. The van der Waals surface area contributed by atoms with Gasteiger partial charge in [0.25, 0.3) is 0 Å². The maximum Gasteiger partial charge on any atom is 0.222 e. The van der Waals surface area contributed by atoms with Crippen molar-refractivity contribution in [1.29, 1.82) is 0 Å². The minimum Gasteiger partial charge on any atom is -0.439 e. The van der Waals surface area contributed by atoms with E-state index in [9.17, 15) is 0 Å². The van der Waals surface area contributed by atoms with E-state index in [-0.39, 0.29) is 0 Å². The lowest BCUT2D eigenvalue weighted by Crippen LogP contribution is -2.14. The van der Waals surface area contributed by atoms with Gasteiger partial charge < -0.3 is 10.1 Å². The van der Waals surface area contributed by atoms with E-state index in [1.165, 1.54) is 0 Å². The molecule has 1 N–H and O–H groups in total. The number of ether oxygens (including phenoxy) is 1. The molecule has 4 nitrogen and oxygen atoms in total. The molecule has 0 amide bonds. The van der Waals surface area contributed by atoms with Gasteiger partial charge in [-0.2, -0.15) is 5.10 Å². The Hall–Kier alpha value is -1.33. The van der Waals surface area contributed by atoms with Crippen molar-refractivity contribution in [2.75, 3.05) is 6.54 Å². The normalized spacial score (nSPS) is 10.9. The second-order valence-electron chi connectivity index (χ2n) is 5.18. The molecule has 0 saturated heterocycles. The van der Waals surface area contributed by atoms with Gasteiger partial charge in [0.1, 0.15) is 5.75 Å². The molecule has 1 heterocycles. The van der Waals surface area contributed by atoms with Crippen LogP contribution in [-0.4, -0.2) is 16.3 Å². The van der Waals surface area contributed by atoms with Crippen molar-refractivity contribution >= 4 is 15.9 Å². The summed E-state index contributed by atoms with van der Waals surface area (Å²) >= 11 is 3.49. The smallest absolute Gasteiger partial charge is 0.222 e. The predicted molar refractivity (Wildman–Crippen MR) is 88.9 cm³/mol. The van der Waals surface area contributed by atoms with Crippen LogP contribution in [0.2, 0.25) is 0 Å². The molecule has 0 radical (unpaired) electrons. The Morgan fingerprint density at radius 3 is 2.81 bits per heavy atom. The number of aromatic nitrogens is 2. The van der Waals surface area contributed by atoms with Crippen molar-refractivity contribution in [3.05, 3.63) is 39.5 Å². The third-order valence-corrected chi connectivity index (χ3v) is 3.87. The number of rotatable bonds is 6. The highest BCUT2D eigenvalue weighted by atomic mass is 79.9. The summed E-state index contributed by atoms with van der Waals surface area (Å²) in [6.07, 6.45) is 1.11. The molecule has 0 unspecified atom stereocenters. The minimum atomic E-state index is 0.774. The van der Waals surface area contributed by atoms with E-state index >= 15 is 0 Å². The lowest BCUT2D eigenvalue weighted by atomic mass is 10.2. The summed E-state index contributed by atoms with van der Waals surface area (Å²) in [5.41, 5.74) is 3.22. The number of nitrogens with zero attached hydrogens (tertiary/aromatic N) is 2. The van der Waals surface area contributed by atoms with Gasteiger partial charge in [-0.25, -0.2) is 4.68 Å². The molecule has 0 spiro atoms. The molecule has 1 aromatic heterocycles. The highest BCUT2D eigenvalue weighted by Gasteiger charge is 2.16. The second kappa shape index (κ2) is 7.09. The Kier molecular flexibility index (Phi) is 5.42. The largest absolute Gasteiger partial charge is 0.439 e. The molecule has 0 aliphatic rings. The van der Waals surface area contributed by atoms with Crippen LogP contribution >= 0.6 is 15.9 Å². The molecule has 1 aromatic carbocycles. The molecule has 0 aliphatic heterocycles. The van der Waals surface area contributed by atoms with Gasteiger partial charge in [-0.05, 0) is 44.5 Å². The van der Waals surface area contributed by atoms with Gasteiger partial charge in [-0.1, -0.05) is 28.9 Å². The van der Waals surface area contributed by atoms with Crippen molar-refractivity contribution < 1.29 is 4.74 Å². The van der Waals surface area contributed by atoms with E-state index in [2.05, 4.69) is 33.3 Å². The fourth-order valence-electron chi connectivity index (χ4n) is 2.19. The average Bonchev–Trinajstić information content (AvgIpc) is 2.70. The van der Waals surface area contributed by atoms with Gasteiger partial charge in [0.2, 0.25) is 5.88 Å². The Morgan fingerprint density at radius 1 is 1.33 bits per heavy atom. The first-order valence-corrected chi connectivity index (χ1v) is 7.99. The number of halogens is 1. The van der Waals surface area contributed by atoms with E-state index in [4.69, 9.17) is 4.74 Å². The Morgan fingerprint density at radius 2 is 2.10 bits per heavy atom. The fourth-order valence-corrected chi connectivity index (χ4v) is 2.53. The first kappa shape index (κ1) is 16.0. The lowest BCUT2D eigenvalue weighted by molar-refractivity contribution is 0.421. The number of nitrogens with one attached hydrogen (secondary N) is 1. The van der Waals surface area contributed by atoms with Crippen LogP contribution in [0.15, 0.2) is 22.7 Å². The monoisotopic (exact) mass is 351 g/mol. The van der Waals surface area contributed by atoms with Crippen molar-refractivity contribution in [2.45, 2.75) is 33.7 Å². The van der Waals surface area contributed by atoms with Gasteiger partial charge >= 0.3 is 0 Å². The van der Waals surface area contributed by atoms with Gasteiger partial charge in [-0.3, -0.25) is 0 Å². The highest BCUT2D eigenvalue weighted by Crippen LogP contribution is 2.31. The Balaban J connectivity index is 2.28. The number of hydrogen-bond donors (Lipinski definition) is 1. The van der Waals surface area contributed by atoms with Gasteiger partial charge in [0, 0.05) is 18.1 Å². The van der Waals surface area contributed by atoms with Crippen LogP contribution < -0.4 is 10.1 Å². The zero-order chi connectivity index (χ0) is 15.4. The quantitative estimate of drug-likeness (QED) is 0.796. The lowest BCUT2D eigenvalue weighted by Gasteiger charge is -2.12. The topological polar surface area (TPSA) is 39.1 Å². The van der Waals surface area contributed by atoms with Crippen LogP contribution in [0.5, 0.6) is 11.6 Å². The summed E-state index contributed by atoms with van der Waals surface area (Å²) in [5, 5.41) is 7.89. The minimum absolute atomic E-state index is 0.774. The van der Waals surface area contributed by atoms with Gasteiger partial charge in [0.05, 0.1) is 11.3 Å². The predicted octanol–water partition coefficient (Wildman–Crippen LogP) is 4.09. The maximum absolute atomic E-state index is 6.13. The highest BCUT2D eigenvalue weighted by molar-refractivity contribution is 9.10. The van der Waals surface area contributed by atoms with E-state index in [0.29, 0.717) is 0 Å². The molecule has 5 heteroatoms. The first-order chi connectivity index (χ1) is 10.0. The third-order valence-electron chi connectivity index (χ3n) is 3.37. The Labute approximate surface area is 134 Å². The molecule has 2 aromatic rings. The zero-order valence-corrected chi connectivity index (χ0v) is 14.6. The summed E-state index contributed by atoms with van der Waals surface area (Å²) in [6, 6.07) is 6.04. The number of aryl methyl sites for hydroxylation is 3. The van der Waals surface area contributed by atoms with Crippen LogP contribution in [0.3, 0.4) is 0 Å². The molecule has 0 atom stereocenters. The summed E-state index contributed by atoms with van der Waals surface area (Å²) < 4.78 is 8.95. The molecule has 0 aliphatic carbocycles. The van der Waals surface area contributed by atoms with Crippen molar-refractivity contribution in [2.24, 2.45) is 7.05 Å². The number of hydrogen-bond acceptors (Lipinski definition) is 3. The summed E-state index contributed by atoms with van der Waals surface area (Å²) in [7, 11) is 1.92. The maximum atomic E-state index is 6.13. The van der Waals surface area contributed by atoms with E-state index < -0.39 is 0 Å². The molecule has 0 saturated carbocycles. The van der Waals surface area contributed by atoms with Crippen molar-refractivity contribution in [3.63, 3.8) is 0 Å². The molecule has 21 heavy (non-hydrogen) atoms. The SMILES string of the molecule is CCCNCc1c(C)nn(C)c1Oc1cc(Br)ccc1C. The summed E-state index contributed by atoms with van der Waals surface area (Å²) in [6.45, 7) is 7.98. The van der Waals surface area contributed by atoms with Gasteiger partial charge in [-0.15, -0.1) is 0 Å². The van der Waals surface area contributed by atoms with E-state index in [1.54, 1.807) is 4.68 Å². The van der Waals surface area contributed by atoms with Crippen LogP contribution in [0, 0.1) is 13.8 Å². The third kappa shape index (κ3) is 3.86. The molecule has 0 fully saturated rings. The standard InChI is InChI=1S/C16H22BrN3O/c1-5-8-18-10-14-12(3)19-20(4)16(14)21-15-9-13(17)7-6-11(15)2/h6-7,9,18H,5,8,10H2,1-4H3. The zero-order valence-electron chi connectivity index (χ0n) is 13.0.